The first-order valence-electron chi connectivity index (χ1n) is 6.21. The molecule has 2 atom stereocenters. The Labute approximate surface area is 131 Å². The van der Waals surface area contributed by atoms with Crippen LogP contribution in [0.2, 0.25) is 0 Å². The van der Waals surface area contributed by atoms with Gasteiger partial charge in [-0.3, -0.25) is 4.79 Å². The fourth-order valence-corrected chi connectivity index (χ4v) is 4.72. The van der Waals surface area contributed by atoms with E-state index in [2.05, 4.69) is 9.47 Å². The van der Waals surface area contributed by atoms with E-state index in [0.717, 1.165) is 4.90 Å². The molecule has 11 heteroatoms. The lowest BCUT2D eigenvalue weighted by Gasteiger charge is -2.36. The van der Waals surface area contributed by atoms with Crippen molar-refractivity contribution >= 4 is 39.5 Å². The number of esters is 1. The number of alkyl halides is 1. The molecule has 2 saturated heterocycles. The summed E-state index contributed by atoms with van der Waals surface area (Å²) in [6, 6.07) is -1.71. The molecular formula is C11H14ClNO8S. The molecule has 0 saturated carbocycles. The van der Waals surface area contributed by atoms with Crippen LogP contribution in [0.5, 0.6) is 0 Å². The van der Waals surface area contributed by atoms with Crippen molar-refractivity contribution in [1.82, 2.24) is 4.90 Å². The zero-order chi connectivity index (χ0) is 16.7. The van der Waals surface area contributed by atoms with Gasteiger partial charge in [-0.05, 0) is 13.8 Å². The maximum Gasteiger partial charge on any atom is 0.512 e. The van der Waals surface area contributed by atoms with E-state index < -0.39 is 56.9 Å². The minimum atomic E-state index is -3.69. The van der Waals surface area contributed by atoms with Gasteiger partial charge in [0.2, 0.25) is 12.7 Å². The molecule has 0 radical (unpaired) electrons. The van der Waals surface area contributed by atoms with Gasteiger partial charge in [0, 0.05) is 0 Å². The summed E-state index contributed by atoms with van der Waals surface area (Å²) in [5.41, 5.74) is 0. The van der Waals surface area contributed by atoms with Crippen molar-refractivity contribution in [3.63, 3.8) is 0 Å². The summed E-state index contributed by atoms with van der Waals surface area (Å²) >= 11 is 5.13. The Morgan fingerprint density at radius 2 is 1.95 bits per heavy atom. The maximum atomic E-state index is 12.3. The lowest BCUT2D eigenvalue weighted by molar-refractivity contribution is -0.168. The highest BCUT2D eigenvalue weighted by Crippen LogP contribution is 2.45. The van der Waals surface area contributed by atoms with Crippen molar-refractivity contribution in [3.8, 4) is 0 Å². The molecule has 2 aliphatic rings. The van der Waals surface area contributed by atoms with Crippen LogP contribution in [0.4, 0.5) is 4.79 Å². The number of β-lactam (4-membered cyclic amide) rings is 1. The van der Waals surface area contributed by atoms with E-state index >= 15 is 0 Å². The van der Waals surface area contributed by atoms with Crippen molar-refractivity contribution < 1.29 is 37.0 Å². The summed E-state index contributed by atoms with van der Waals surface area (Å²) in [6.07, 6.45) is -1.28. The fraction of sp³-hybridized carbons (Fsp3) is 0.727. The highest BCUT2D eigenvalue weighted by atomic mass is 35.5. The lowest BCUT2D eigenvalue weighted by atomic mass is 9.98. The summed E-state index contributed by atoms with van der Waals surface area (Å²) in [7, 11) is -3.69. The average molecular weight is 356 g/mol. The van der Waals surface area contributed by atoms with Gasteiger partial charge in [-0.1, -0.05) is 11.6 Å². The molecule has 2 aliphatic heterocycles. The molecular weight excluding hydrogens is 342 g/mol. The number of ether oxygens (including phenoxy) is 3. The molecule has 0 aromatic heterocycles. The Balaban J connectivity index is 2.06. The average Bonchev–Trinajstić information content (AvgIpc) is 2.53. The number of hydrogen-bond donors (Lipinski definition) is 0. The van der Waals surface area contributed by atoms with Crippen molar-refractivity contribution in [1.29, 1.82) is 0 Å². The topological polar surface area (TPSA) is 116 Å². The van der Waals surface area contributed by atoms with Crippen LogP contribution in [0, 0.1) is 0 Å². The maximum absolute atomic E-state index is 12.3. The first-order valence-corrected chi connectivity index (χ1v) is 8.29. The molecule has 0 aromatic rings. The minimum absolute atomic E-state index is 0.145. The van der Waals surface area contributed by atoms with Gasteiger partial charge in [-0.25, -0.2) is 18.0 Å². The molecule has 0 bridgehead atoms. The molecule has 1 amide bonds. The monoisotopic (exact) mass is 355 g/mol. The predicted molar refractivity (Wildman–Crippen MR) is 71.3 cm³/mol. The van der Waals surface area contributed by atoms with Crippen LogP contribution < -0.4 is 0 Å². The van der Waals surface area contributed by atoms with Gasteiger partial charge in [0.25, 0.3) is 0 Å². The molecule has 0 unspecified atom stereocenters. The van der Waals surface area contributed by atoms with Crippen LogP contribution in [-0.4, -0.2) is 60.4 Å². The lowest BCUT2D eigenvalue weighted by Crippen LogP contribution is -2.57. The van der Waals surface area contributed by atoms with Gasteiger partial charge in [0.05, 0.1) is 11.2 Å². The first-order chi connectivity index (χ1) is 10.1. The first kappa shape index (κ1) is 16.8. The number of fused-ring (bicyclic) bond motifs is 1. The van der Waals surface area contributed by atoms with E-state index in [1.807, 2.05) is 0 Å². The second-order valence-electron chi connectivity index (χ2n) is 5.24. The van der Waals surface area contributed by atoms with E-state index in [4.69, 9.17) is 16.3 Å². The molecule has 22 heavy (non-hydrogen) atoms. The number of carbonyl (C=O) groups excluding carboxylic acids is 3. The van der Waals surface area contributed by atoms with Gasteiger partial charge >= 0.3 is 12.1 Å². The molecule has 0 aliphatic carbocycles. The fourth-order valence-electron chi connectivity index (χ4n) is 2.51. The number of sulfone groups is 1. The molecule has 124 valence electrons. The Hall–Kier alpha value is -1.55. The number of hydrogen-bond acceptors (Lipinski definition) is 8. The van der Waals surface area contributed by atoms with Crippen molar-refractivity contribution in [2.45, 2.75) is 36.4 Å². The summed E-state index contributed by atoms with van der Waals surface area (Å²) in [6.45, 7) is 1.93. The summed E-state index contributed by atoms with van der Waals surface area (Å²) < 4.78 is 36.4. The smallest absolute Gasteiger partial charge is 0.426 e. The number of carbonyl (C=O) groups is 3. The number of amides is 1. The van der Waals surface area contributed by atoms with Crippen LogP contribution in [0.25, 0.3) is 0 Å². The van der Waals surface area contributed by atoms with Gasteiger partial charge in [-0.2, -0.15) is 0 Å². The van der Waals surface area contributed by atoms with Gasteiger partial charge < -0.3 is 19.1 Å². The van der Waals surface area contributed by atoms with E-state index in [9.17, 15) is 22.8 Å². The van der Waals surface area contributed by atoms with Crippen molar-refractivity contribution in [2.24, 2.45) is 0 Å². The quantitative estimate of drug-likeness (QED) is 0.299. The SMILES string of the molecule is CC1(C)[C@H](C(=O)OCOC(=O)OCCl)N2C(=O)C[C@H]2S1(=O)=O. The van der Waals surface area contributed by atoms with E-state index in [1.54, 1.807) is 0 Å². The summed E-state index contributed by atoms with van der Waals surface area (Å²) in [4.78, 5) is 35.6. The second kappa shape index (κ2) is 5.58. The largest absolute Gasteiger partial charge is 0.512 e. The Kier molecular flexibility index (Phi) is 4.26. The predicted octanol–water partition coefficient (Wildman–Crippen LogP) is -0.0294. The molecule has 0 N–H and O–H groups in total. The number of halogens is 1. The van der Waals surface area contributed by atoms with Gasteiger partial charge in [-0.15, -0.1) is 0 Å². The molecule has 9 nitrogen and oxygen atoms in total. The molecule has 2 fully saturated rings. The van der Waals surface area contributed by atoms with Crippen LogP contribution in [0.3, 0.4) is 0 Å². The van der Waals surface area contributed by atoms with Gasteiger partial charge in [0.15, 0.2) is 15.9 Å². The third-order valence-corrected chi connectivity index (χ3v) is 6.66. The van der Waals surface area contributed by atoms with E-state index in [0.29, 0.717) is 0 Å². The van der Waals surface area contributed by atoms with Crippen molar-refractivity contribution in [2.75, 3.05) is 12.9 Å². The molecule has 0 aromatic carbocycles. The van der Waals surface area contributed by atoms with Crippen LogP contribution in [0.1, 0.15) is 20.3 Å². The second-order valence-corrected chi connectivity index (χ2v) is 8.14. The Morgan fingerprint density at radius 3 is 2.50 bits per heavy atom. The number of nitrogens with zero attached hydrogens (tertiary/aromatic N) is 1. The minimum Gasteiger partial charge on any atom is -0.426 e. The van der Waals surface area contributed by atoms with Crippen molar-refractivity contribution in [3.05, 3.63) is 0 Å². The third-order valence-electron chi connectivity index (χ3n) is 3.75. The standard InChI is InChI=1S/C11H14ClNO8S/c1-11(2)8(9(15)20-5-21-10(16)19-4-12)13-6(14)3-7(13)22(11,17)18/h7-8H,3-5H2,1-2H3/t7-,8+/m1/s1. The van der Waals surface area contributed by atoms with Crippen LogP contribution in [0.15, 0.2) is 0 Å². The zero-order valence-corrected chi connectivity index (χ0v) is 13.3. The molecule has 2 rings (SSSR count). The Bertz CT molecular complexity index is 616. The summed E-state index contributed by atoms with van der Waals surface area (Å²) in [5, 5.41) is -1.00. The highest BCUT2D eigenvalue weighted by Gasteiger charge is 2.68. The van der Waals surface area contributed by atoms with Crippen LogP contribution in [-0.2, 0) is 33.6 Å². The van der Waals surface area contributed by atoms with Crippen LogP contribution >= 0.6 is 11.6 Å². The zero-order valence-electron chi connectivity index (χ0n) is 11.8. The summed E-state index contributed by atoms with van der Waals surface area (Å²) in [5.74, 6) is -1.41. The van der Waals surface area contributed by atoms with Gasteiger partial charge in [0.1, 0.15) is 11.4 Å². The molecule has 0 spiro atoms. The normalized spacial score (nSPS) is 27.6. The number of rotatable bonds is 4. The third kappa shape index (κ3) is 2.39. The van der Waals surface area contributed by atoms with E-state index in [-0.39, 0.29) is 6.42 Å². The molecule has 2 heterocycles. The Morgan fingerprint density at radius 1 is 1.32 bits per heavy atom. The van der Waals surface area contributed by atoms with E-state index in [1.165, 1.54) is 13.8 Å². The highest BCUT2D eigenvalue weighted by molar-refractivity contribution is 7.93.